The monoisotopic (exact) mass is 363 g/mol. The van der Waals surface area contributed by atoms with E-state index in [-0.39, 0.29) is 17.6 Å². The van der Waals surface area contributed by atoms with Crippen molar-refractivity contribution < 1.29 is 14.3 Å². The van der Waals surface area contributed by atoms with E-state index in [4.69, 9.17) is 22.1 Å². The van der Waals surface area contributed by atoms with Gasteiger partial charge in [-0.05, 0) is 38.1 Å². The number of halogens is 1. The molecule has 1 aromatic heterocycles. The number of nitrogens with zero attached hydrogens (tertiary/aromatic N) is 4. The van der Waals surface area contributed by atoms with E-state index >= 15 is 0 Å². The third kappa shape index (κ3) is 3.58. The lowest BCUT2D eigenvalue weighted by molar-refractivity contribution is -0.151. The molecule has 0 saturated carbocycles. The van der Waals surface area contributed by atoms with Crippen LogP contribution in [0.2, 0.25) is 5.02 Å². The highest BCUT2D eigenvalue weighted by atomic mass is 35.5. The first-order valence-electron chi connectivity index (χ1n) is 7.72. The van der Waals surface area contributed by atoms with Crippen molar-refractivity contribution in [3.8, 4) is 5.75 Å². The van der Waals surface area contributed by atoms with Gasteiger partial charge in [0.25, 0.3) is 11.8 Å². The molecule has 2 N–H and O–H groups in total. The van der Waals surface area contributed by atoms with Gasteiger partial charge in [0.2, 0.25) is 0 Å². The molecule has 2 heterocycles. The van der Waals surface area contributed by atoms with Crippen LogP contribution < -0.4 is 10.5 Å². The first-order chi connectivity index (χ1) is 11.8. The molecule has 0 aliphatic carbocycles. The number of aromatic nitrogens is 3. The highest BCUT2D eigenvalue weighted by Gasteiger charge is 2.41. The Morgan fingerprint density at radius 1 is 1.28 bits per heavy atom. The molecule has 2 aromatic rings. The van der Waals surface area contributed by atoms with Crippen LogP contribution in [0.4, 0.5) is 0 Å². The van der Waals surface area contributed by atoms with Crippen LogP contribution in [-0.4, -0.2) is 50.4 Å². The molecule has 0 atom stereocenters. The van der Waals surface area contributed by atoms with Crippen LogP contribution in [0.5, 0.6) is 5.75 Å². The molecule has 2 amide bonds. The summed E-state index contributed by atoms with van der Waals surface area (Å²) in [5, 5.41) is 8.18. The fourth-order valence-corrected chi connectivity index (χ4v) is 2.70. The predicted molar refractivity (Wildman–Crippen MR) is 90.3 cm³/mol. The van der Waals surface area contributed by atoms with Gasteiger partial charge in [-0.2, -0.15) is 0 Å². The number of carbonyl (C=O) groups is 2. The van der Waals surface area contributed by atoms with E-state index in [1.807, 2.05) is 0 Å². The summed E-state index contributed by atoms with van der Waals surface area (Å²) in [5.41, 5.74) is 4.25. The highest BCUT2D eigenvalue weighted by molar-refractivity contribution is 6.30. The maximum atomic E-state index is 12.7. The molecular weight excluding hydrogens is 346 g/mol. The summed E-state index contributed by atoms with van der Waals surface area (Å²) in [6, 6.07) is 6.82. The standard InChI is InChI=1S/C16H18ClN5O3/c1-16(2,25-12-5-3-10(17)4-6-12)15(24)21-7-11(8-21)22-9-13(14(18)23)19-20-22/h3-6,9,11H,7-8H2,1-2H3,(H2,18,23). The number of benzene rings is 1. The normalized spacial score (nSPS) is 14.9. The molecule has 9 heteroatoms. The van der Waals surface area contributed by atoms with Gasteiger partial charge in [-0.1, -0.05) is 16.8 Å². The summed E-state index contributed by atoms with van der Waals surface area (Å²) in [7, 11) is 0. The summed E-state index contributed by atoms with van der Waals surface area (Å²) in [6.45, 7) is 4.37. The van der Waals surface area contributed by atoms with Crippen molar-refractivity contribution >= 4 is 23.4 Å². The number of hydrogen-bond acceptors (Lipinski definition) is 5. The molecule has 1 aromatic carbocycles. The maximum Gasteiger partial charge on any atom is 0.270 e. The lowest BCUT2D eigenvalue weighted by Crippen LogP contribution is -2.58. The Morgan fingerprint density at radius 3 is 2.48 bits per heavy atom. The molecule has 8 nitrogen and oxygen atoms in total. The average molecular weight is 364 g/mol. The minimum absolute atomic E-state index is 0.0316. The van der Waals surface area contributed by atoms with Crippen molar-refractivity contribution in [3.05, 3.63) is 41.2 Å². The fraction of sp³-hybridized carbons (Fsp3) is 0.375. The predicted octanol–water partition coefficient (Wildman–Crippen LogP) is 1.27. The van der Waals surface area contributed by atoms with Gasteiger partial charge >= 0.3 is 0 Å². The first kappa shape index (κ1) is 17.2. The van der Waals surface area contributed by atoms with Crippen LogP contribution in [0.3, 0.4) is 0 Å². The van der Waals surface area contributed by atoms with Gasteiger partial charge in [0, 0.05) is 18.1 Å². The number of likely N-dealkylation sites (tertiary alicyclic amines) is 1. The summed E-state index contributed by atoms with van der Waals surface area (Å²) in [4.78, 5) is 25.4. The molecule has 3 rings (SSSR count). The number of amides is 2. The van der Waals surface area contributed by atoms with Crippen LogP contribution in [0, 0.1) is 0 Å². The zero-order valence-corrected chi connectivity index (χ0v) is 14.6. The topological polar surface area (TPSA) is 103 Å². The van der Waals surface area contributed by atoms with Crippen molar-refractivity contribution in [2.75, 3.05) is 13.1 Å². The van der Waals surface area contributed by atoms with Gasteiger partial charge in [0.1, 0.15) is 5.75 Å². The zero-order chi connectivity index (χ0) is 18.2. The molecule has 0 bridgehead atoms. The Labute approximate surface area is 149 Å². The second-order valence-corrected chi connectivity index (χ2v) is 6.81. The van der Waals surface area contributed by atoms with Crippen LogP contribution >= 0.6 is 11.6 Å². The number of primary amides is 1. The molecule has 25 heavy (non-hydrogen) atoms. The molecular formula is C16H18ClN5O3. The Hall–Kier alpha value is -2.61. The fourth-order valence-electron chi connectivity index (χ4n) is 2.58. The Kier molecular flexibility index (Phi) is 4.38. The van der Waals surface area contributed by atoms with Crippen molar-refractivity contribution in [2.24, 2.45) is 5.73 Å². The summed E-state index contributed by atoms with van der Waals surface area (Å²) in [6.07, 6.45) is 1.49. The van der Waals surface area contributed by atoms with Crippen LogP contribution in [0.1, 0.15) is 30.4 Å². The van der Waals surface area contributed by atoms with Crippen molar-refractivity contribution in [1.29, 1.82) is 0 Å². The second-order valence-electron chi connectivity index (χ2n) is 6.38. The van der Waals surface area contributed by atoms with E-state index in [2.05, 4.69) is 10.3 Å². The molecule has 1 aliphatic heterocycles. The molecule has 132 valence electrons. The summed E-state index contributed by atoms with van der Waals surface area (Å²) in [5.74, 6) is -0.188. The summed E-state index contributed by atoms with van der Waals surface area (Å²) < 4.78 is 7.36. The number of ether oxygens (including phenoxy) is 1. The first-order valence-corrected chi connectivity index (χ1v) is 8.09. The van der Waals surface area contributed by atoms with Gasteiger partial charge in [-0.25, -0.2) is 4.68 Å². The molecule has 0 radical (unpaired) electrons. The largest absolute Gasteiger partial charge is 0.478 e. The third-order valence-corrected chi connectivity index (χ3v) is 4.24. The third-order valence-electron chi connectivity index (χ3n) is 3.99. The van der Waals surface area contributed by atoms with E-state index in [0.29, 0.717) is 23.9 Å². The van der Waals surface area contributed by atoms with Crippen LogP contribution in [0.15, 0.2) is 30.5 Å². The van der Waals surface area contributed by atoms with Crippen LogP contribution in [-0.2, 0) is 4.79 Å². The van der Waals surface area contributed by atoms with E-state index in [1.165, 1.54) is 6.20 Å². The van der Waals surface area contributed by atoms with E-state index in [0.717, 1.165) is 0 Å². The van der Waals surface area contributed by atoms with Gasteiger partial charge in [-0.15, -0.1) is 5.10 Å². The SMILES string of the molecule is CC(C)(Oc1ccc(Cl)cc1)C(=O)N1CC(n2cc(C(N)=O)nn2)C1. The maximum absolute atomic E-state index is 12.7. The van der Waals surface area contributed by atoms with E-state index in [1.54, 1.807) is 47.7 Å². The Balaban J connectivity index is 1.60. The summed E-state index contributed by atoms with van der Waals surface area (Å²) >= 11 is 5.85. The van der Waals surface area contributed by atoms with Crippen molar-refractivity contribution in [3.63, 3.8) is 0 Å². The number of nitrogens with two attached hydrogens (primary N) is 1. The molecule has 1 aliphatic rings. The van der Waals surface area contributed by atoms with Crippen molar-refractivity contribution in [1.82, 2.24) is 19.9 Å². The zero-order valence-electron chi connectivity index (χ0n) is 13.8. The van der Waals surface area contributed by atoms with Crippen molar-refractivity contribution in [2.45, 2.75) is 25.5 Å². The quantitative estimate of drug-likeness (QED) is 0.861. The number of carbonyl (C=O) groups excluding carboxylic acids is 2. The lowest BCUT2D eigenvalue weighted by Gasteiger charge is -2.42. The smallest absolute Gasteiger partial charge is 0.270 e. The Bertz CT molecular complexity index is 796. The minimum atomic E-state index is -1.01. The molecule has 1 saturated heterocycles. The lowest BCUT2D eigenvalue weighted by atomic mass is 10.0. The molecule has 0 unspecified atom stereocenters. The molecule has 1 fully saturated rings. The van der Waals surface area contributed by atoms with Gasteiger partial charge in [-0.3, -0.25) is 9.59 Å². The van der Waals surface area contributed by atoms with E-state index < -0.39 is 11.5 Å². The highest BCUT2D eigenvalue weighted by Crippen LogP contribution is 2.27. The number of rotatable bonds is 5. The average Bonchev–Trinajstić information content (AvgIpc) is 2.97. The minimum Gasteiger partial charge on any atom is -0.478 e. The number of hydrogen-bond donors (Lipinski definition) is 1. The Morgan fingerprint density at radius 2 is 1.92 bits per heavy atom. The van der Waals surface area contributed by atoms with Gasteiger partial charge < -0.3 is 15.4 Å². The molecule has 0 spiro atoms. The van der Waals surface area contributed by atoms with Crippen LogP contribution in [0.25, 0.3) is 0 Å². The van der Waals surface area contributed by atoms with E-state index in [9.17, 15) is 9.59 Å². The second kappa shape index (κ2) is 6.36. The van der Waals surface area contributed by atoms with Gasteiger partial charge in [0.05, 0.1) is 12.2 Å². The van der Waals surface area contributed by atoms with Gasteiger partial charge in [0.15, 0.2) is 11.3 Å².